The second-order valence-corrected chi connectivity index (χ2v) is 14.8. The second kappa shape index (κ2) is 20.5. The van der Waals surface area contributed by atoms with E-state index < -0.39 is 0 Å². The number of rotatable bonds is 21. The maximum atomic E-state index is 12.8. The number of hydrogen-bond donors (Lipinski definition) is 0. The molecule has 0 unspecified atom stereocenters. The monoisotopic (exact) mass is 705 g/mol. The molecule has 9 nitrogen and oxygen atoms in total. The molecule has 0 saturated carbocycles. The van der Waals surface area contributed by atoms with E-state index >= 15 is 0 Å². The average molecular weight is 706 g/mol. The Hall–Kier alpha value is -2.78. The van der Waals surface area contributed by atoms with Crippen LogP contribution in [0.2, 0.25) is 0 Å². The van der Waals surface area contributed by atoms with Gasteiger partial charge in [0.05, 0.1) is 39.4 Å². The van der Waals surface area contributed by atoms with Crippen molar-refractivity contribution in [1.29, 1.82) is 0 Å². The Balaban J connectivity index is 1.07. The Labute approximate surface area is 287 Å². The molecule has 0 fully saturated rings. The lowest BCUT2D eigenvalue weighted by molar-refractivity contribution is 0.0355. The van der Waals surface area contributed by atoms with E-state index in [-0.39, 0.29) is 31.4 Å². The Morgan fingerprint density at radius 2 is 0.913 bits per heavy atom. The third-order valence-corrected chi connectivity index (χ3v) is 10.5. The molecule has 4 heterocycles. The first-order chi connectivity index (χ1) is 22.5. The van der Waals surface area contributed by atoms with Gasteiger partial charge in [0.25, 0.3) is 0 Å². The SMILES string of the molecule is CN(C)C(CCOCCOC(=O)N(Cc1cccs1)Cc1cccs1)CCOCCOC(=O)N(Cc1cccs1)Cc1cccs1. The van der Waals surface area contributed by atoms with Crippen LogP contribution in [-0.4, -0.2) is 86.7 Å². The summed E-state index contributed by atoms with van der Waals surface area (Å²) >= 11 is 6.51. The predicted molar refractivity (Wildman–Crippen MR) is 187 cm³/mol. The normalized spacial score (nSPS) is 11.3. The third kappa shape index (κ3) is 13.1. The first kappa shape index (κ1) is 36.1. The fourth-order valence-electron chi connectivity index (χ4n) is 4.59. The van der Waals surface area contributed by atoms with Crippen molar-refractivity contribution >= 4 is 57.5 Å². The van der Waals surface area contributed by atoms with E-state index in [9.17, 15) is 9.59 Å². The lowest BCUT2D eigenvalue weighted by Gasteiger charge is -2.24. The van der Waals surface area contributed by atoms with Gasteiger partial charge in [0, 0.05) is 38.8 Å². The molecule has 0 N–H and O–H groups in total. The zero-order valence-electron chi connectivity index (χ0n) is 26.4. The summed E-state index contributed by atoms with van der Waals surface area (Å²) in [6, 6.07) is 16.3. The van der Waals surface area contributed by atoms with Gasteiger partial charge >= 0.3 is 12.2 Å². The van der Waals surface area contributed by atoms with Crippen LogP contribution in [0.4, 0.5) is 9.59 Å². The van der Waals surface area contributed by atoms with Gasteiger partial charge in [-0.3, -0.25) is 9.80 Å². The van der Waals surface area contributed by atoms with E-state index in [2.05, 4.69) is 4.90 Å². The summed E-state index contributed by atoms with van der Waals surface area (Å²) in [5, 5.41) is 8.05. The molecule has 250 valence electrons. The number of carbonyl (C=O) groups is 2. The topological polar surface area (TPSA) is 80.8 Å². The number of nitrogens with zero attached hydrogens (tertiary/aromatic N) is 3. The lowest BCUT2D eigenvalue weighted by Crippen LogP contribution is -2.32. The van der Waals surface area contributed by atoms with Crippen molar-refractivity contribution in [2.24, 2.45) is 0 Å². The summed E-state index contributed by atoms with van der Waals surface area (Å²) in [6.07, 6.45) is 0.972. The molecule has 4 aromatic rings. The molecule has 0 aliphatic carbocycles. The van der Waals surface area contributed by atoms with Crippen LogP contribution in [0.15, 0.2) is 70.1 Å². The van der Waals surface area contributed by atoms with Crippen molar-refractivity contribution < 1.29 is 28.5 Å². The standard InChI is InChI=1S/C33H43N3O6S4/c1-34(2)27(11-13-39-15-17-41-32(37)35(23-28-7-3-19-43-28)24-29-8-4-20-44-29)12-14-40-16-18-42-33(38)36(25-30-9-5-21-45-30)26-31-10-6-22-46-31/h3-10,19-22,27H,11-18,23-26H2,1-2H3. The van der Waals surface area contributed by atoms with Crippen LogP contribution in [0.5, 0.6) is 0 Å². The zero-order chi connectivity index (χ0) is 32.4. The highest BCUT2D eigenvalue weighted by molar-refractivity contribution is 7.10. The molecular formula is C33H43N3O6S4. The van der Waals surface area contributed by atoms with Crippen molar-refractivity contribution in [3.63, 3.8) is 0 Å². The summed E-state index contributed by atoms with van der Waals surface area (Å²) in [7, 11) is 4.08. The Morgan fingerprint density at radius 1 is 0.565 bits per heavy atom. The van der Waals surface area contributed by atoms with Gasteiger partial charge in [-0.25, -0.2) is 9.59 Å². The molecular weight excluding hydrogens is 663 g/mol. The zero-order valence-corrected chi connectivity index (χ0v) is 29.7. The molecule has 0 atom stereocenters. The minimum atomic E-state index is -0.336. The van der Waals surface area contributed by atoms with E-state index in [0.717, 1.165) is 32.4 Å². The molecule has 0 aliphatic rings. The Morgan fingerprint density at radius 3 is 1.20 bits per heavy atom. The summed E-state index contributed by atoms with van der Waals surface area (Å²) in [6.45, 7) is 4.29. The van der Waals surface area contributed by atoms with Crippen LogP contribution in [0, 0.1) is 0 Å². The van der Waals surface area contributed by atoms with Gasteiger partial charge < -0.3 is 23.8 Å². The van der Waals surface area contributed by atoms with E-state index in [1.54, 1.807) is 55.1 Å². The highest BCUT2D eigenvalue weighted by Gasteiger charge is 2.19. The number of hydrogen-bond acceptors (Lipinski definition) is 11. The third-order valence-electron chi connectivity index (χ3n) is 7.05. The van der Waals surface area contributed by atoms with Crippen LogP contribution in [-0.2, 0) is 45.1 Å². The smallest absolute Gasteiger partial charge is 0.410 e. The predicted octanol–water partition coefficient (Wildman–Crippen LogP) is 7.65. The van der Waals surface area contributed by atoms with Crippen LogP contribution in [0.1, 0.15) is 32.4 Å². The Bertz CT molecular complexity index is 1180. The molecule has 2 amide bonds. The molecule has 13 heteroatoms. The quantitative estimate of drug-likeness (QED) is 0.0824. The number of thiophene rings is 4. The highest BCUT2D eigenvalue weighted by Crippen LogP contribution is 2.19. The van der Waals surface area contributed by atoms with E-state index in [1.807, 2.05) is 84.1 Å². The van der Waals surface area contributed by atoms with Gasteiger partial charge in [-0.1, -0.05) is 24.3 Å². The molecule has 0 spiro atoms. The van der Waals surface area contributed by atoms with E-state index in [4.69, 9.17) is 18.9 Å². The summed E-state index contributed by atoms with van der Waals surface area (Å²) in [5.74, 6) is 0. The van der Waals surface area contributed by atoms with Gasteiger partial charge in [0.15, 0.2) is 0 Å². The largest absolute Gasteiger partial charge is 0.447 e. The van der Waals surface area contributed by atoms with Crippen LogP contribution >= 0.6 is 45.3 Å². The summed E-state index contributed by atoms with van der Waals surface area (Å²) in [4.78, 5) is 35.7. The minimum absolute atomic E-state index is 0.205. The van der Waals surface area contributed by atoms with Crippen molar-refractivity contribution in [2.75, 3.05) is 53.7 Å². The maximum absolute atomic E-state index is 12.8. The highest BCUT2D eigenvalue weighted by atomic mass is 32.1. The second-order valence-electron chi connectivity index (χ2n) is 10.7. The van der Waals surface area contributed by atoms with Crippen molar-refractivity contribution in [3.05, 3.63) is 89.6 Å². The fraction of sp³-hybridized carbons (Fsp3) is 0.455. The van der Waals surface area contributed by atoms with E-state index in [0.29, 0.717) is 52.6 Å². The van der Waals surface area contributed by atoms with Gasteiger partial charge in [0.1, 0.15) is 13.2 Å². The van der Waals surface area contributed by atoms with Crippen molar-refractivity contribution in [3.8, 4) is 0 Å². The molecule has 4 rings (SSSR count). The van der Waals surface area contributed by atoms with Gasteiger partial charge in [-0.05, 0) is 72.7 Å². The van der Waals surface area contributed by atoms with Crippen LogP contribution < -0.4 is 0 Å². The number of carbonyl (C=O) groups excluding carboxylic acids is 2. The molecule has 0 aliphatic heterocycles. The van der Waals surface area contributed by atoms with Crippen LogP contribution in [0.3, 0.4) is 0 Å². The molecule has 0 saturated heterocycles. The first-order valence-corrected chi connectivity index (χ1v) is 18.7. The Kier molecular flexibility index (Phi) is 16.0. The lowest BCUT2D eigenvalue weighted by atomic mass is 10.1. The van der Waals surface area contributed by atoms with E-state index in [1.165, 1.54) is 0 Å². The number of amides is 2. The number of ether oxygens (including phenoxy) is 4. The summed E-state index contributed by atoms with van der Waals surface area (Å²) in [5.41, 5.74) is 0. The average Bonchev–Trinajstić information content (AvgIpc) is 3.88. The van der Waals surface area contributed by atoms with Crippen molar-refractivity contribution in [2.45, 2.75) is 45.1 Å². The van der Waals surface area contributed by atoms with Gasteiger partial charge in [0.2, 0.25) is 0 Å². The van der Waals surface area contributed by atoms with Crippen molar-refractivity contribution in [1.82, 2.24) is 14.7 Å². The molecule has 46 heavy (non-hydrogen) atoms. The molecule has 0 radical (unpaired) electrons. The fourth-order valence-corrected chi connectivity index (χ4v) is 7.47. The van der Waals surface area contributed by atoms with Crippen LogP contribution in [0.25, 0.3) is 0 Å². The summed E-state index contributed by atoms with van der Waals surface area (Å²) < 4.78 is 22.7. The maximum Gasteiger partial charge on any atom is 0.410 e. The molecule has 4 aromatic heterocycles. The van der Waals surface area contributed by atoms with Gasteiger partial charge in [-0.2, -0.15) is 0 Å². The molecule has 0 bridgehead atoms. The minimum Gasteiger partial charge on any atom is -0.447 e. The first-order valence-electron chi connectivity index (χ1n) is 15.2. The molecule has 0 aromatic carbocycles. The van der Waals surface area contributed by atoms with Gasteiger partial charge in [-0.15, -0.1) is 45.3 Å².